The molecule has 1 aromatic rings. The number of carbonyl (C=O) groups excluding carboxylic acids is 1. The van der Waals surface area contributed by atoms with Crippen LogP contribution in [0.25, 0.3) is 0 Å². The minimum absolute atomic E-state index is 0.0700. The molecule has 0 aromatic heterocycles. The van der Waals surface area contributed by atoms with Crippen molar-refractivity contribution in [3.05, 3.63) is 35.9 Å². The fraction of sp³-hybridized carbons (Fsp3) is 0.767. The minimum Gasteiger partial charge on any atom is -0.458 e. The number of hydrogen-bond acceptors (Lipinski definition) is 9. The Bertz CT molecular complexity index is 1180. The van der Waals surface area contributed by atoms with Gasteiger partial charge in [0.05, 0.1) is 46.9 Å². The normalized spacial score (nSPS) is 55.0. The lowest BCUT2D eigenvalue weighted by Crippen LogP contribution is -2.86. The lowest BCUT2D eigenvalue weighted by atomic mass is 9.41. The Balaban J connectivity index is 1.47. The number of benzene rings is 1. The van der Waals surface area contributed by atoms with Crippen molar-refractivity contribution in [2.24, 2.45) is 28.6 Å². The van der Waals surface area contributed by atoms with Crippen molar-refractivity contribution in [1.82, 2.24) is 4.90 Å². The van der Waals surface area contributed by atoms with Gasteiger partial charge >= 0.3 is 5.97 Å². The molecule has 7 rings (SSSR count). The average molecular weight is 544 g/mol. The maximum absolute atomic E-state index is 13.4. The minimum atomic E-state index is -1.90. The van der Waals surface area contributed by atoms with Crippen LogP contribution in [0.1, 0.15) is 49.9 Å². The lowest BCUT2D eigenvalue weighted by Gasteiger charge is -2.71. The van der Waals surface area contributed by atoms with Crippen LogP contribution < -0.4 is 0 Å². The second kappa shape index (κ2) is 8.03. The first-order valence-electron chi connectivity index (χ1n) is 14.4. The molecule has 39 heavy (non-hydrogen) atoms. The molecule has 214 valence electrons. The molecule has 1 spiro atoms. The van der Waals surface area contributed by atoms with Gasteiger partial charge in [-0.2, -0.15) is 0 Å². The first-order valence-corrected chi connectivity index (χ1v) is 14.4. The summed E-state index contributed by atoms with van der Waals surface area (Å²) < 4.78 is 18.2. The van der Waals surface area contributed by atoms with Crippen LogP contribution in [0.5, 0.6) is 0 Å². The lowest BCUT2D eigenvalue weighted by molar-refractivity contribution is -0.353. The number of carbonyl (C=O) groups is 1. The zero-order valence-electron chi connectivity index (χ0n) is 23.1. The Hall–Kier alpha value is -1.59. The SMILES string of the molecule is CCN1C[C@]2(C)CC[C@H](O)[C@]34C1[C@](O)([C@@H](OC)[C@H]23)[C@@]1(O)C[C@H](OC)[C@H]2C[C@]4(O)[C@@H]1[C@H]2OC(=O)c1ccccc1. The van der Waals surface area contributed by atoms with Gasteiger partial charge in [0.15, 0.2) is 0 Å². The second-order valence-electron chi connectivity index (χ2n) is 13.5. The second-order valence-corrected chi connectivity index (χ2v) is 13.5. The maximum atomic E-state index is 13.4. The molecule has 9 heteroatoms. The molecule has 1 saturated heterocycles. The highest BCUT2D eigenvalue weighted by Gasteiger charge is 2.95. The number of hydrogen-bond donors (Lipinski definition) is 4. The van der Waals surface area contributed by atoms with Gasteiger partial charge in [-0.25, -0.2) is 4.79 Å². The van der Waals surface area contributed by atoms with Gasteiger partial charge in [0.25, 0.3) is 0 Å². The number of ether oxygens (including phenoxy) is 3. The van der Waals surface area contributed by atoms with E-state index in [1.54, 1.807) is 38.5 Å². The number of fused-ring (bicyclic) bond motifs is 2. The van der Waals surface area contributed by atoms with Gasteiger partial charge < -0.3 is 34.6 Å². The topological polar surface area (TPSA) is 129 Å². The number of nitrogens with zero attached hydrogens (tertiary/aromatic N) is 1. The molecular weight excluding hydrogens is 502 g/mol. The van der Waals surface area contributed by atoms with Gasteiger partial charge in [-0.1, -0.05) is 32.0 Å². The van der Waals surface area contributed by atoms with E-state index < -0.39 is 76.4 Å². The molecule has 9 nitrogen and oxygen atoms in total. The van der Waals surface area contributed by atoms with Gasteiger partial charge in [0.2, 0.25) is 0 Å². The van der Waals surface area contributed by atoms with E-state index in [4.69, 9.17) is 14.2 Å². The molecule has 5 aliphatic carbocycles. The van der Waals surface area contributed by atoms with E-state index in [2.05, 4.69) is 11.8 Å². The molecular formula is C30H41NO8. The van der Waals surface area contributed by atoms with Crippen molar-refractivity contribution >= 4 is 5.97 Å². The Kier molecular flexibility index (Phi) is 5.42. The van der Waals surface area contributed by atoms with E-state index in [0.717, 1.165) is 6.42 Å². The van der Waals surface area contributed by atoms with E-state index in [0.29, 0.717) is 25.1 Å². The highest BCUT2D eigenvalue weighted by molar-refractivity contribution is 5.89. The molecule has 1 aromatic carbocycles. The van der Waals surface area contributed by atoms with Crippen LogP contribution in [0, 0.1) is 28.6 Å². The summed E-state index contributed by atoms with van der Waals surface area (Å²) in [6.45, 7) is 5.44. The Morgan fingerprint density at radius 1 is 1.05 bits per heavy atom. The van der Waals surface area contributed by atoms with Crippen LogP contribution in [-0.2, 0) is 14.2 Å². The summed E-state index contributed by atoms with van der Waals surface area (Å²) in [5.41, 5.74) is -6.55. The number of aliphatic hydroxyl groups is 4. The number of piperidine rings is 1. The number of likely N-dealkylation sites (tertiary alicyclic amines) is 1. The number of likely N-dealkylation sites (N-methyl/N-ethyl adjacent to an activating group) is 1. The van der Waals surface area contributed by atoms with Crippen LogP contribution in [0.2, 0.25) is 0 Å². The van der Waals surface area contributed by atoms with Gasteiger partial charge in [-0.3, -0.25) is 4.90 Å². The summed E-state index contributed by atoms with van der Waals surface area (Å²) >= 11 is 0. The van der Waals surface area contributed by atoms with Crippen LogP contribution in [-0.4, -0.2) is 106 Å². The van der Waals surface area contributed by atoms with E-state index in [1.807, 2.05) is 13.0 Å². The Morgan fingerprint density at radius 3 is 2.41 bits per heavy atom. The monoisotopic (exact) mass is 543 g/mol. The number of aliphatic hydroxyl groups excluding tert-OH is 1. The largest absolute Gasteiger partial charge is 0.458 e. The van der Waals surface area contributed by atoms with Crippen LogP contribution in [0.3, 0.4) is 0 Å². The quantitative estimate of drug-likeness (QED) is 0.402. The molecule has 1 heterocycles. The number of methoxy groups -OCH3 is 2. The third kappa shape index (κ3) is 2.66. The molecule has 6 aliphatic rings. The first kappa shape index (κ1) is 26.3. The van der Waals surface area contributed by atoms with Crippen molar-refractivity contribution in [3.8, 4) is 0 Å². The van der Waals surface area contributed by atoms with Crippen molar-refractivity contribution in [2.75, 3.05) is 27.3 Å². The molecule has 0 amide bonds. The number of esters is 1. The predicted molar refractivity (Wildman–Crippen MR) is 139 cm³/mol. The molecule has 0 radical (unpaired) electrons. The Morgan fingerprint density at radius 2 is 1.77 bits per heavy atom. The summed E-state index contributed by atoms with van der Waals surface area (Å²) in [5, 5.41) is 51.2. The zero-order valence-corrected chi connectivity index (χ0v) is 23.1. The van der Waals surface area contributed by atoms with Crippen LogP contribution >= 0.6 is 0 Å². The van der Waals surface area contributed by atoms with Crippen LogP contribution in [0.4, 0.5) is 0 Å². The Labute approximate surface area is 229 Å². The highest BCUT2D eigenvalue weighted by atomic mass is 16.6. The third-order valence-corrected chi connectivity index (χ3v) is 12.3. The predicted octanol–water partition coefficient (Wildman–Crippen LogP) is 0.970. The van der Waals surface area contributed by atoms with Crippen LogP contribution in [0.15, 0.2) is 30.3 Å². The fourth-order valence-electron chi connectivity index (χ4n) is 11.3. The fourth-order valence-corrected chi connectivity index (χ4v) is 11.3. The summed E-state index contributed by atoms with van der Waals surface area (Å²) in [6.07, 6.45) is -1.80. The van der Waals surface area contributed by atoms with Crippen molar-refractivity contribution in [2.45, 2.75) is 86.8 Å². The molecule has 1 aliphatic heterocycles. The highest BCUT2D eigenvalue weighted by Crippen LogP contribution is 2.81. The smallest absolute Gasteiger partial charge is 0.338 e. The summed E-state index contributed by atoms with van der Waals surface area (Å²) in [6, 6.07) is 7.92. The van der Waals surface area contributed by atoms with E-state index in [-0.39, 0.29) is 18.3 Å². The first-order chi connectivity index (χ1) is 18.5. The molecule has 4 N–H and O–H groups in total. The van der Waals surface area contributed by atoms with Gasteiger partial charge in [0.1, 0.15) is 17.3 Å². The summed E-state index contributed by atoms with van der Waals surface area (Å²) in [7, 11) is 3.10. The van der Waals surface area contributed by atoms with E-state index >= 15 is 0 Å². The van der Waals surface area contributed by atoms with Gasteiger partial charge in [-0.05, 0) is 43.4 Å². The summed E-state index contributed by atoms with van der Waals surface area (Å²) in [5.74, 6) is -2.38. The molecule has 6 fully saturated rings. The van der Waals surface area contributed by atoms with E-state index in [1.165, 1.54) is 0 Å². The summed E-state index contributed by atoms with van der Waals surface area (Å²) in [4.78, 5) is 15.5. The van der Waals surface area contributed by atoms with E-state index in [9.17, 15) is 25.2 Å². The molecule has 7 bridgehead atoms. The number of rotatable bonds is 5. The maximum Gasteiger partial charge on any atom is 0.338 e. The van der Waals surface area contributed by atoms with Crippen molar-refractivity contribution < 1.29 is 39.4 Å². The zero-order chi connectivity index (χ0) is 27.8. The third-order valence-electron chi connectivity index (χ3n) is 12.3. The standard InChI is InChI=1S/C30H41NO8/c1-5-31-15-26(2)12-11-19(32)29-22(26)23(38-4)30(36,25(29)31)28(35)14-18(37-3)17-13-27(29,34)21(28)20(17)39-24(33)16-9-7-6-8-10-16/h6-10,17-23,25,32,34-36H,5,11-15H2,1-4H3/t17-,18+,19+,20+,21+,22-,23+,25?,26+,27+,28-,29-,30-/m1/s1. The van der Waals surface area contributed by atoms with Crippen molar-refractivity contribution in [1.29, 1.82) is 0 Å². The van der Waals surface area contributed by atoms with Crippen molar-refractivity contribution in [3.63, 3.8) is 0 Å². The molecule has 1 unspecified atom stereocenters. The molecule has 5 saturated carbocycles. The molecule has 13 atom stereocenters. The van der Waals surface area contributed by atoms with Gasteiger partial charge in [-0.15, -0.1) is 0 Å². The average Bonchev–Trinajstić information content (AvgIpc) is 3.29. The van der Waals surface area contributed by atoms with Gasteiger partial charge in [0, 0.05) is 39.0 Å².